The van der Waals surface area contributed by atoms with Gasteiger partial charge in [0.25, 0.3) is 0 Å². The van der Waals surface area contributed by atoms with Crippen LogP contribution in [0.4, 0.5) is 0 Å². The molecular weight excluding hydrogens is 202 g/mol. The van der Waals surface area contributed by atoms with E-state index in [1.54, 1.807) is 0 Å². The normalized spacial score (nSPS) is 26.6. The van der Waals surface area contributed by atoms with Gasteiger partial charge in [-0.15, -0.1) is 0 Å². The van der Waals surface area contributed by atoms with Crippen molar-refractivity contribution in [1.82, 2.24) is 4.90 Å². The fraction of sp³-hybridized carbons (Fsp3) is 0.923. The maximum atomic E-state index is 12.4. The highest BCUT2D eigenvalue weighted by Gasteiger charge is 2.49. The van der Waals surface area contributed by atoms with Crippen LogP contribution in [0.3, 0.4) is 0 Å². The van der Waals surface area contributed by atoms with Crippen LogP contribution in [-0.4, -0.2) is 34.6 Å². The zero-order valence-electron chi connectivity index (χ0n) is 10.5. The molecule has 1 heterocycles. The third kappa shape index (κ3) is 1.75. The standard InChI is InChI=1S/C13H23NO2/c1-3-12(7-5-6-8-12)11(15)14-9-13(16,4-2)10-14/h16H,3-10H2,1-2H3. The van der Waals surface area contributed by atoms with Gasteiger partial charge in [-0.05, 0) is 25.7 Å². The van der Waals surface area contributed by atoms with E-state index in [4.69, 9.17) is 0 Å². The van der Waals surface area contributed by atoms with Crippen LogP contribution in [0, 0.1) is 5.41 Å². The number of aliphatic hydroxyl groups is 1. The van der Waals surface area contributed by atoms with E-state index in [2.05, 4.69) is 6.92 Å². The molecule has 92 valence electrons. The van der Waals surface area contributed by atoms with Crippen molar-refractivity contribution in [2.24, 2.45) is 5.41 Å². The second-order valence-electron chi connectivity index (χ2n) is 5.58. The zero-order chi connectivity index (χ0) is 11.8. The molecule has 1 saturated carbocycles. The number of carbonyl (C=O) groups is 1. The van der Waals surface area contributed by atoms with Crippen LogP contribution in [0.5, 0.6) is 0 Å². The molecule has 0 aromatic carbocycles. The topological polar surface area (TPSA) is 40.5 Å². The van der Waals surface area contributed by atoms with Crippen LogP contribution in [0.2, 0.25) is 0 Å². The molecule has 0 aromatic heterocycles. The Morgan fingerprint density at radius 1 is 1.19 bits per heavy atom. The lowest BCUT2D eigenvalue weighted by atomic mass is 9.79. The van der Waals surface area contributed by atoms with Crippen molar-refractivity contribution in [2.45, 2.75) is 58.0 Å². The zero-order valence-corrected chi connectivity index (χ0v) is 10.5. The lowest BCUT2D eigenvalue weighted by molar-refractivity contribution is -0.166. The molecule has 0 radical (unpaired) electrons. The molecule has 0 spiro atoms. The fourth-order valence-corrected chi connectivity index (χ4v) is 3.14. The monoisotopic (exact) mass is 225 g/mol. The van der Waals surface area contributed by atoms with Crippen molar-refractivity contribution in [3.63, 3.8) is 0 Å². The number of nitrogens with zero attached hydrogens (tertiary/aromatic N) is 1. The summed E-state index contributed by atoms with van der Waals surface area (Å²) in [5, 5.41) is 9.94. The molecule has 2 fully saturated rings. The molecule has 1 aliphatic carbocycles. The van der Waals surface area contributed by atoms with Crippen molar-refractivity contribution in [2.75, 3.05) is 13.1 Å². The van der Waals surface area contributed by atoms with Gasteiger partial charge in [0.05, 0.1) is 18.7 Å². The lowest BCUT2D eigenvalue weighted by Crippen LogP contribution is -2.65. The summed E-state index contributed by atoms with van der Waals surface area (Å²) < 4.78 is 0. The molecule has 2 aliphatic rings. The number of rotatable bonds is 3. The van der Waals surface area contributed by atoms with E-state index in [-0.39, 0.29) is 5.41 Å². The molecule has 0 aromatic rings. The van der Waals surface area contributed by atoms with Crippen LogP contribution < -0.4 is 0 Å². The van der Waals surface area contributed by atoms with Crippen molar-refractivity contribution in [3.8, 4) is 0 Å². The van der Waals surface area contributed by atoms with Crippen LogP contribution in [-0.2, 0) is 4.79 Å². The van der Waals surface area contributed by atoms with E-state index in [1.807, 2.05) is 11.8 Å². The number of likely N-dealkylation sites (tertiary alicyclic amines) is 1. The summed E-state index contributed by atoms with van der Waals surface area (Å²) in [5.74, 6) is 0.297. The largest absolute Gasteiger partial charge is 0.386 e. The molecule has 3 nitrogen and oxygen atoms in total. The third-order valence-electron chi connectivity index (χ3n) is 4.61. The first kappa shape index (κ1) is 11.9. The molecule has 0 bridgehead atoms. The average Bonchev–Trinajstić information content (AvgIpc) is 2.73. The maximum absolute atomic E-state index is 12.4. The van der Waals surface area contributed by atoms with Gasteiger partial charge in [0.2, 0.25) is 5.91 Å². The van der Waals surface area contributed by atoms with Crippen molar-refractivity contribution in [3.05, 3.63) is 0 Å². The van der Waals surface area contributed by atoms with Crippen molar-refractivity contribution in [1.29, 1.82) is 0 Å². The number of amides is 1. The molecular formula is C13H23NO2. The summed E-state index contributed by atoms with van der Waals surface area (Å²) in [6.07, 6.45) is 6.16. The van der Waals surface area contributed by atoms with Crippen molar-refractivity contribution < 1.29 is 9.90 Å². The molecule has 16 heavy (non-hydrogen) atoms. The summed E-state index contributed by atoms with van der Waals surface area (Å²) in [6.45, 7) is 5.19. The van der Waals surface area contributed by atoms with Gasteiger partial charge < -0.3 is 10.0 Å². The van der Waals surface area contributed by atoms with E-state index < -0.39 is 5.60 Å². The van der Waals surface area contributed by atoms with Gasteiger partial charge in [-0.3, -0.25) is 4.79 Å². The maximum Gasteiger partial charge on any atom is 0.228 e. The van der Waals surface area contributed by atoms with Gasteiger partial charge in [-0.25, -0.2) is 0 Å². The molecule has 2 rings (SSSR count). The fourth-order valence-electron chi connectivity index (χ4n) is 3.14. The Kier molecular flexibility index (Phi) is 2.99. The predicted octanol–water partition coefficient (Wildman–Crippen LogP) is 1.94. The Balaban J connectivity index is 1.98. The quantitative estimate of drug-likeness (QED) is 0.797. The van der Waals surface area contributed by atoms with Gasteiger partial charge in [0, 0.05) is 5.41 Å². The summed E-state index contributed by atoms with van der Waals surface area (Å²) in [7, 11) is 0. The molecule has 1 N–H and O–H groups in total. The second kappa shape index (κ2) is 4.02. The van der Waals surface area contributed by atoms with Crippen LogP contribution >= 0.6 is 0 Å². The van der Waals surface area contributed by atoms with E-state index in [1.165, 1.54) is 12.8 Å². The SMILES string of the molecule is CCC1(O)CN(C(=O)C2(CC)CCCC2)C1. The van der Waals surface area contributed by atoms with Gasteiger partial charge in [0.15, 0.2) is 0 Å². The molecule has 1 amide bonds. The summed E-state index contributed by atoms with van der Waals surface area (Å²) >= 11 is 0. The number of hydrogen-bond donors (Lipinski definition) is 1. The van der Waals surface area contributed by atoms with Crippen LogP contribution in [0.1, 0.15) is 52.4 Å². The Morgan fingerprint density at radius 3 is 2.19 bits per heavy atom. The summed E-state index contributed by atoms with van der Waals surface area (Å²) in [5.41, 5.74) is -0.682. The summed E-state index contributed by atoms with van der Waals surface area (Å²) in [6, 6.07) is 0. The first-order valence-electron chi connectivity index (χ1n) is 6.57. The second-order valence-corrected chi connectivity index (χ2v) is 5.58. The number of β-amino-alcohol motifs (C(OH)–C–C–N with tert-alkyl or cyclic N) is 1. The van der Waals surface area contributed by atoms with E-state index in [0.717, 1.165) is 25.7 Å². The van der Waals surface area contributed by atoms with Crippen LogP contribution in [0.15, 0.2) is 0 Å². The molecule has 0 atom stereocenters. The van der Waals surface area contributed by atoms with Gasteiger partial charge in [0.1, 0.15) is 0 Å². The van der Waals surface area contributed by atoms with Gasteiger partial charge in [-0.2, -0.15) is 0 Å². The highest BCUT2D eigenvalue weighted by atomic mass is 16.3. The van der Waals surface area contributed by atoms with Gasteiger partial charge in [-0.1, -0.05) is 26.7 Å². The average molecular weight is 225 g/mol. The smallest absolute Gasteiger partial charge is 0.228 e. The van der Waals surface area contributed by atoms with E-state index >= 15 is 0 Å². The minimum Gasteiger partial charge on any atom is -0.386 e. The Labute approximate surface area is 97.8 Å². The highest BCUT2D eigenvalue weighted by Crippen LogP contribution is 2.44. The molecule has 1 aliphatic heterocycles. The van der Waals surface area contributed by atoms with E-state index in [0.29, 0.717) is 19.0 Å². The van der Waals surface area contributed by atoms with Crippen molar-refractivity contribution >= 4 is 5.91 Å². The third-order valence-corrected chi connectivity index (χ3v) is 4.61. The highest BCUT2D eigenvalue weighted by molar-refractivity contribution is 5.84. The minimum atomic E-state index is -0.594. The first-order valence-corrected chi connectivity index (χ1v) is 6.57. The molecule has 3 heteroatoms. The predicted molar refractivity (Wildman–Crippen MR) is 63.0 cm³/mol. The summed E-state index contributed by atoms with van der Waals surface area (Å²) in [4.78, 5) is 14.3. The van der Waals surface area contributed by atoms with E-state index in [9.17, 15) is 9.90 Å². The Bertz CT molecular complexity index is 276. The minimum absolute atomic E-state index is 0.0882. The number of carbonyl (C=O) groups excluding carboxylic acids is 1. The number of hydrogen-bond acceptors (Lipinski definition) is 2. The first-order chi connectivity index (χ1) is 7.55. The molecule has 0 unspecified atom stereocenters. The Hall–Kier alpha value is -0.570. The van der Waals surface area contributed by atoms with Crippen LogP contribution in [0.25, 0.3) is 0 Å². The lowest BCUT2D eigenvalue weighted by Gasteiger charge is -2.49. The Morgan fingerprint density at radius 2 is 1.75 bits per heavy atom. The molecule has 1 saturated heterocycles. The van der Waals surface area contributed by atoms with Gasteiger partial charge >= 0.3 is 0 Å².